The van der Waals surface area contributed by atoms with Crippen LogP contribution in [0.1, 0.15) is 26.7 Å². The summed E-state index contributed by atoms with van der Waals surface area (Å²) in [6.45, 7) is 13.3. The highest BCUT2D eigenvalue weighted by Gasteiger charge is 2.37. The summed E-state index contributed by atoms with van der Waals surface area (Å²) in [5, 5.41) is 0. The maximum atomic E-state index is 3.83. The molecule has 76 valence electrons. The average molecular weight is 182 g/mol. The summed E-state index contributed by atoms with van der Waals surface area (Å²) < 4.78 is 1.02. The molecule has 0 aromatic carbocycles. The van der Waals surface area contributed by atoms with Crippen molar-refractivity contribution in [1.29, 1.82) is 0 Å². The monoisotopic (exact) mass is 182 g/mol. The highest BCUT2D eigenvalue weighted by molar-refractivity contribution is 4.90. The average Bonchev–Trinajstić information content (AvgIpc) is 2.05. The Morgan fingerprint density at radius 1 is 1.15 bits per heavy atom. The Kier molecular flexibility index (Phi) is 4.41. The van der Waals surface area contributed by atoms with Gasteiger partial charge in [-0.3, -0.25) is 0 Å². The van der Waals surface area contributed by atoms with Crippen molar-refractivity contribution in [2.75, 3.05) is 20.6 Å². The number of rotatable bonds is 6. The van der Waals surface area contributed by atoms with Gasteiger partial charge in [0.05, 0.1) is 20.6 Å². The quantitative estimate of drug-likeness (QED) is 0.437. The van der Waals surface area contributed by atoms with Crippen LogP contribution >= 0.6 is 0 Å². The van der Waals surface area contributed by atoms with Gasteiger partial charge in [-0.25, -0.2) is 0 Å². The maximum Gasteiger partial charge on any atom is 0.103 e. The van der Waals surface area contributed by atoms with Gasteiger partial charge in [0.25, 0.3) is 0 Å². The predicted molar refractivity (Wildman–Crippen MR) is 60.7 cm³/mol. The van der Waals surface area contributed by atoms with Crippen molar-refractivity contribution in [3.63, 3.8) is 0 Å². The summed E-state index contributed by atoms with van der Waals surface area (Å²) in [6, 6.07) is 0. The molecule has 0 aromatic heterocycles. The molecule has 0 spiro atoms. The molecule has 0 unspecified atom stereocenters. The number of nitrogens with zero attached hydrogens (tertiary/aromatic N) is 1. The summed E-state index contributed by atoms with van der Waals surface area (Å²) in [5.41, 5.74) is 0.248. The van der Waals surface area contributed by atoms with E-state index in [9.17, 15) is 0 Å². The van der Waals surface area contributed by atoms with Crippen molar-refractivity contribution in [2.24, 2.45) is 0 Å². The fraction of sp³-hybridized carbons (Fsp3) is 0.667. The Labute approximate surface area is 83.3 Å². The zero-order valence-corrected chi connectivity index (χ0v) is 9.64. The van der Waals surface area contributed by atoms with Crippen molar-refractivity contribution in [2.45, 2.75) is 32.2 Å². The molecule has 13 heavy (non-hydrogen) atoms. The number of hydrogen-bond acceptors (Lipinski definition) is 0. The zero-order valence-electron chi connectivity index (χ0n) is 9.64. The van der Waals surface area contributed by atoms with Crippen LogP contribution in [-0.4, -0.2) is 30.7 Å². The molecule has 0 bridgehead atoms. The Bertz CT molecular complexity index is 170. The van der Waals surface area contributed by atoms with Crippen molar-refractivity contribution in [3.8, 4) is 0 Å². The van der Waals surface area contributed by atoms with Gasteiger partial charge in [-0.2, -0.15) is 0 Å². The van der Waals surface area contributed by atoms with E-state index >= 15 is 0 Å². The minimum Gasteiger partial charge on any atom is -0.324 e. The second kappa shape index (κ2) is 4.61. The lowest BCUT2D eigenvalue weighted by molar-refractivity contribution is -0.937. The molecule has 0 aliphatic carbocycles. The van der Waals surface area contributed by atoms with Gasteiger partial charge >= 0.3 is 0 Å². The molecule has 0 heterocycles. The molecule has 0 aromatic rings. The van der Waals surface area contributed by atoms with Crippen LogP contribution in [0.5, 0.6) is 0 Å². The van der Waals surface area contributed by atoms with Gasteiger partial charge in [-0.1, -0.05) is 12.2 Å². The lowest BCUT2D eigenvalue weighted by atomic mass is 9.89. The topological polar surface area (TPSA) is 0 Å². The molecule has 0 saturated heterocycles. The molecule has 0 atom stereocenters. The van der Waals surface area contributed by atoms with E-state index in [0.29, 0.717) is 0 Å². The van der Waals surface area contributed by atoms with Crippen molar-refractivity contribution in [1.82, 2.24) is 0 Å². The van der Waals surface area contributed by atoms with E-state index in [1.165, 1.54) is 0 Å². The lowest BCUT2D eigenvalue weighted by Crippen LogP contribution is -2.57. The van der Waals surface area contributed by atoms with Crippen LogP contribution in [0.25, 0.3) is 0 Å². The first-order chi connectivity index (χ1) is 5.93. The predicted octanol–water partition coefficient (Wildman–Crippen LogP) is 2.99. The second-order valence-corrected chi connectivity index (χ2v) is 4.48. The van der Waals surface area contributed by atoms with E-state index < -0.39 is 0 Å². The molecule has 1 nitrogen and oxygen atoms in total. The minimum absolute atomic E-state index is 0.248. The molecule has 0 amide bonds. The molecule has 1 heteroatoms. The first kappa shape index (κ1) is 12.4. The second-order valence-electron chi connectivity index (χ2n) is 4.48. The maximum absolute atomic E-state index is 3.83. The molecule has 0 aliphatic heterocycles. The van der Waals surface area contributed by atoms with Crippen LogP contribution in [0.15, 0.2) is 25.3 Å². The van der Waals surface area contributed by atoms with Crippen LogP contribution in [0.3, 0.4) is 0 Å². The molecule has 0 fully saturated rings. The van der Waals surface area contributed by atoms with E-state index in [4.69, 9.17) is 0 Å². The van der Waals surface area contributed by atoms with Crippen LogP contribution in [-0.2, 0) is 0 Å². The summed E-state index contributed by atoms with van der Waals surface area (Å²) >= 11 is 0. The van der Waals surface area contributed by atoms with Gasteiger partial charge in [-0.05, 0) is 13.8 Å². The fourth-order valence-corrected chi connectivity index (χ4v) is 1.58. The lowest BCUT2D eigenvalue weighted by Gasteiger charge is -2.45. The molecule has 0 aliphatic rings. The van der Waals surface area contributed by atoms with Crippen molar-refractivity contribution >= 4 is 0 Å². The van der Waals surface area contributed by atoms with E-state index in [-0.39, 0.29) is 5.54 Å². The molecule has 0 saturated carbocycles. The third-order valence-corrected chi connectivity index (χ3v) is 3.42. The minimum atomic E-state index is 0.248. The summed E-state index contributed by atoms with van der Waals surface area (Å²) in [6.07, 6.45) is 6.11. The Morgan fingerprint density at radius 2 is 1.54 bits per heavy atom. The van der Waals surface area contributed by atoms with Crippen molar-refractivity contribution < 1.29 is 4.48 Å². The largest absolute Gasteiger partial charge is 0.324 e. The van der Waals surface area contributed by atoms with Crippen molar-refractivity contribution in [3.05, 3.63) is 25.3 Å². The summed E-state index contributed by atoms with van der Waals surface area (Å²) in [7, 11) is 4.54. The molecule has 0 radical (unpaired) electrons. The van der Waals surface area contributed by atoms with Crippen LogP contribution in [0.2, 0.25) is 0 Å². The SMILES string of the molecule is C=CCC(C)(CC=C)[N+](C)(C)CC. The zero-order chi connectivity index (χ0) is 10.5. The van der Waals surface area contributed by atoms with Gasteiger partial charge in [0.1, 0.15) is 5.54 Å². The third-order valence-electron chi connectivity index (χ3n) is 3.42. The molecular weight excluding hydrogens is 158 g/mol. The van der Waals surface area contributed by atoms with E-state index in [0.717, 1.165) is 23.9 Å². The van der Waals surface area contributed by atoms with Crippen LogP contribution in [0.4, 0.5) is 0 Å². The first-order valence-electron chi connectivity index (χ1n) is 4.98. The van der Waals surface area contributed by atoms with Gasteiger partial charge < -0.3 is 4.48 Å². The van der Waals surface area contributed by atoms with E-state index in [1.807, 2.05) is 12.2 Å². The summed E-state index contributed by atoms with van der Waals surface area (Å²) in [5.74, 6) is 0. The highest BCUT2D eigenvalue weighted by Crippen LogP contribution is 2.28. The Morgan fingerprint density at radius 3 is 1.77 bits per heavy atom. The Balaban J connectivity index is 4.74. The molecular formula is C12H24N+. The van der Waals surface area contributed by atoms with Gasteiger partial charge in [-0.15, -0.1) is 13.2 Å². The van der Waals surface area contributed by atoms with E-state index in [1.54, 1.807) is 0 Å². The van der Waals surface area contributed by atoms with Crippen LogP contribution in [0, 0.1) is 0 Å². The smallest absolute Gasteiger partial charge is 0.103 e. The third kappa shape index (κ3) is 2.70. The summed E-state index contributed by atoms with van der Waals surface area (Å²) in [4.78, 5) is 0. The van der Waals surface area contributed by atoms with Gasteiger partial charge in [0.2, 0.25) is 0 Å². The first-order valence-corrected chi connectivity index (χ1v) is 4.98. The fourth-order valence-electron chi connectivity index (χ4n) is 1.58. The normalized spacial score (nSPS) is 12.6. The number of hydrogen-bond donors (Lipinski definition) is 0. The van der Waals surface area contributed by atoms with Crippen LogP contribution < -0.4 is 0 Å². The Hall–Kier alpha value is -0.560. The van der Waals surface area contributed by atoms with E-state index in [2.05, 4.69) is 41.1 Å². The number of quaternary nitrogens is 1. The molecule has 0 N–H and O–H groups in total. The van der Waals surface area contributed by atoms with Gasteiger partial charge in [0, 0.05) is 12.8 Å². The highest BCUT2D eigenvalue weighted by atomic mass is 15.4. The molecule has 0 rings (SSSR count). The van der Waals surface area contributed by atoms with Gasteiger partial charge in [0.15, 0.2) is 0 Å². The standard InChI is InChI=1S/C12H24N/c1-7-10-12(4,11-8-2)13(5,6)9-3/h7-8H,1-2,9-11H2,3-6H3/q+1.